The molecule has 0 radical (unpaired) electrons. The van der Waals surface area contributed by atoms with Crippen molar-refractivity contribution < 1.29 is 23.2 Å². The van der Waals surface area contributed by atoms with Gasteiger partial charge in [0, 0.05) is 32.7 Å². The number of rotatable bonds is 5. The second-order valence-corrected chi connectivity index (χ2v) is 4.56. The first-order valence-electron chi connectivity index (χ1n) is 5.98. The topological polar surface area (TPSA) is 73.6 Å². The van der Waals surface area contributed by atoms with E-state index < -0.39 is 33.5 Å². The van der Waals surface area contributed by atoms with E-state index in [2.05, 4.69) is 5.32 Å². The third-order valence-corrected chi connectivity index (χ3v) is 3.36. The van der Waals surface area contributed by atoms with Crippen LogP contribution in [-0.2, 0) is 9.47 Å². The highest BCUT2D eigenvalue weighted by atomic mass is 19.2. The van der Waals surface area contributed by atoms with Crippen molar-refractivity contribution in [1.82, 2.24) is 0 Å². The molecule has 0 saturated carbocycles. The SMILES string of the molecule is COC1(CNc2c([N+](=O)[O-])ccc(F)c2F)CCOC1. The number of halogens is 2. The van der Waals surface area contributed by atoms with Crippen LogP contribution >= 0.6 is 0 Å². The first-order valence-corrected chi connectivity index (χ1v) is 5.98. The van der Waals surface area contributed by atoms with Crippen molar-refractivity contribution in [2.75, 3.05) is 32.2 Å². The number of nitrogens with one attached hydrogen (secondary N) is 1. The van der Waals surface area contributed by atoms with Gasteiger partial charge in [-0.05, 0) is 6.07 Å². The Morgan fingerprint density at radius 2 is 2.30 bits per heavy atom. The molecule has 1 aliphatic heterocycles. The second kappa shape index (κ2) is 5.68. The van der Waals surface area contributed by atoms with Gasteiger partial charge in [0.05, 0.1) is 11.5 Å². The van der Waals surface area contributed by atoms with Crippen LogP contribution in [0.1, 0.15) is 6.42 Å². The monoisotopic (exact) mass is 288 g/mol. The molecule has 0 aromatic heterocycles. The Bertz CT molecular complexity index is 518. The molecule has 0 bridgehead atoms. The fourth-order valence-corrected chi connectivity index (χ4v) is 2.07. The lowest BCUT2D eigenvalue weighted by Crippen LogP contribution is -2.39. The van der Waals surface area contributed by atoms with Crippen LogP contribution in [0, 0.1) is 21.7 Å². The summed E-state index contributed by atoms with van der Waals surface area (Å²) in [5.74, 6) is -2.42. The van der Waals surface area contributed by atoms with Crippen LogP contribution in [0.5, 0.6) is 0 Å². The number of benzene rings is 1. The van der Waals surface area contributed by atoms with E-state index in [1.807, 2.05) is 0 Å². The quantitative estimate of drug-likeness (QED) is 0.663. The Kier molecular flexibility index (Phi) is 4.15. The third kappa shape index (κ3) is 2.70. The molecule has 0 aliphatic carbocycles. The molecule has 110 valence electrons. The van der Waals surface area contributed by atoms with Crippen molar-refractivity contribution in [1.29, 1.82) is 0 Å². The first-order chi connectivity index (χ1) is 9.49. The molecule has 1 N–H and O–H groups in total. The van der Waals surface area contributed by atoms with E-state index in [9.17, 15) is 18.9 Å². The predicted molar refractivity (Wildman–Crippen MR) is 66.7 cm³/mol. The van der Waals surface area contributed by atoms with E-state index >= 15 is 0 Å². The van der Waals surface area contributed by atoms with Crippen molar-refractivity contribution in [2.24, 2.45) is 0 Å². The Labute approximate surface area is 113 Å². The maximum atomic E-state index is 13.7. The lowest BCUT2D eigenvalue weighted by atomic mass is 10.0. The van der Waals surface area contributed by atoms with Crippen molar-refractivity contribution >= 4 is 11.4 Å². The Morgan fingerprint density at radius 1 is 1.55 bits per heavy atom. The minimum Gasteiger partial charge on any atom is -0.378 e. The average Bonchev–Trinajstić information content (AvgIpc) is 2.89. The maximum absolute atomic E-state index is 13.7. The minimum absolute atomic E-state index is 0.0880. The van der Waals surface area contributed by atoms with Gasteiger partial charge in [0.2, 0.25) is 0 Å². The molecule has 20 heavy (non-hydrogen) atoms. The number of anilines is 1. The van der Waals surface area contributed by atoms with Crippen molar-refractivity contribution in [3.05, 3.63) is 33.9 Å². The van der Waals surface area contributed by atoms with Crippen LogP contribution in [-0.4, -0.2) is 37.4 Å². The lowest BCUT2D eigenvalue weighted by Gasteiger charge is -2.26. The number of hydrogen-bond acceptors (Lipinski definition) is 5. The summed E-state index contributed by atoms with van der Waals surface area (Å²) in [6.07, 6.45) is 0.571. The number of nitrogens with zero attached hydrogens (tertiary/aromatic N) is 1. The summed E-state index contributed by atoms with van der Waals surface area (Å²) in [5.41, 5.74) is -1.68. The van der Waals surface area contributed by atoms with E-state index in [0.29, 0.717) is 19.6 Å². The molecular formula is C12H14F2N2O4. The van der Waals surface area contributed by atoms with E-state index in [4.69, 9.17) is 9.47 Å². The van der Waals surface area contributed by atoms with Gasteiger partial charge in [-0.2, -0.15) is 0 Å². The molecule has 1 unspecified atom stereocenters. The highest BCUT2D eigenvalue weighted by molar-refractivity contribution is 5.62. The van der Waals surface area contributed by atoms with Gasteiger partial charge in [-0.25, -0.2) is 8.78 Å². The van der Waals surface area contributed by atoms with Crippen molar-refractivity contribution in [3.63, 3.8) is 0 Å². The average molecular weight is 288 g/mol. The number of nitro benzene ring substituents is 1. The van der Waals surface area contributed by atoms with Crippen LogP contribution in [0.3, 0.4) is 0 Å². The zero-order chi connectivity index (χ0) is 14.8. The van der Waals surface area contributed by atoms with Gasteiger partial charge in [-0.3, -0.25) is 10.1 Å². The largest absolute Gasteiger partial charge is 0.378 e. The van der Waals surface area contributed by atoms with Crippen LogP contribution < -0.4 is 5.32 Å². The summed E-state index contributed by atoms with van der Waals surface area (Å²) in [6, 6.07) is 1.65. The zero-order valence-electron chi connectivity index (χ0n) is 10.8. The summed E-state index contributed by atoms with van der Waals surface area (Å²) < 4.78 is 37.4. The molecule has 6 nitrogen and oxygen atoms in total. The highest BCUT2D eigenvalue weighted by Crippen LogP contribution is 2.31. The minimum atomic E-state index is -1.27. The normalized spacial score (nSPS) is 21.9. The second-order valence-electron chi connectivity index (χ2n) is 4.56. The van der Waals surface area contributed by atoms with E-state index in [-0.39, 0.29) is 6.54 Å². The van der Waals surface area contributed by atoms with Crippen LogP contribution in [0.2, 0.25) is 0 Å². The molecule has 8 heteroatoms. The Hall–Kier alpha value is -1.80. The van der Waals surface area contributed by atoms with E-state index in [1.165, 1.54) is 7.11 Å². The van der Waals surface area contributed by atoms with Gasteiger partial charge in [0.15, 0.2) is 17.3 Å². The predicted octanol–water partition coefficient (Wildman–Crippen LogP) is 2.09. The van der Waals surface area contributed by atoms with Crippen LogP contribution in [0.4, 0.5) is 20.2 Å². The number of methoxy groups -OCH3 is 1. The summed E-state index contributed by atoms with van der Waals surface area (Å²) in [7, 11) is 1.48. The number of ether oxygens (including phenoxy) is 2. The third-order valence-electron chi connectivity index (χ3n) is 3.36. The molecule has 2 rings (SSSR count). The van der Waals surface area contributed by atoms with Gasteiger partial charge in [-0.1, -0.05) is 0 Å². The number of nitro groups is 1. The molecule has 1 aromatic rings. The van der Waals surface area contributed by atoms with Gasteiger partial charge in [0.25, 0.3) is 5.69 Å². The molecule has 1 saturated heterocycles. The van der Waals surface area contributed by atoms with Gasteiger partial charge < -0.3 is 14.8 Å². The van der Waals surface area contributed by atoms with E-state index in [1.54, 1.807) is 0 Å². The Balaban J connectivity index is 2.24. The van der Waals surface area contributed by atoms with Gasteiger partial charge >= 0.3 is 0 Å². The van der Waals surface area contributed by atoms with Crippen LogP contribution in [0.15, 0.2) is 12.1 Å². The molecule has 1 aliphatic rings. The summed E-state index contributed by atoms with van der Waals surface area (Å²) >= 11 is 0. The summed E-state index contributed by atoms with van der Waals surface area (Å²) in [5, 5.41) is 13.4. The molecule has 0 amide bonds. The molecule has 1 aromatic carbocycles. The maximum Gasteiger partial charge on any atom is 0.295 e. The molecule has 1 atom stereocenters. The fourth-order valence-electron chi connectivity index (χ4n) is 2.07. The molecule has 0 spiro atoms. The fraction of sp³-hybridized carbons (Fsp3) is 0.500. The lowest BCUT2D eigenvalue weighted by molar-refractivity contribution is -0.384. The van der Waals surface area contributed by atoms with Crippen LogP contribution in [0.25, 0.3) is 0 Å². The smallest absolute Gasteiger partial charge is 0.295 e. The molecular weight excluding hydrogens is 274 g/mol. The highest BCUT2D eigenvalue weighted by Gasteiger charge is 2.36. The standard InChI is InChI=1S/C12H14F2N2O4/c1-19-12(4-5-20-7-12)6-15-11-9(16(17)18)3-2-8(13)10(11)14/h2-3,15H,4-7H2,1H3. The summed E-state index contributed by atoms with van der Waals surface area (Å²) in [6.45, 7) is 0.870. The van der Waals surface area contributed by atoms with Gasteiger partial charge in [-0.15, -0.1) is 0 Å². The molecule has 1 heterocycles. The Morgan fingerprint density at radius 3 is 2.85 bits per heavy atom. The first kappa shape index (κ1) is 14.6. The zero-order valence-corrected chi connectivity index (χ0v) is 10.8. The van der Waals surface area contributed by atoms with Gasteiger partial charge in [0.1, 0.15) is 5.60 Å². The van der Waals surface area contributed by atoms with Crippen molar-refractivity contribution in [3.8, 4) is 0 Å². The van der Waals surface area contributed by atoms with Crippen molar-refractivity contribution in [2.45, 2.75) is 12.0 Å². The summed E-state index contributed by atoms with van der Waals surface area (Å²) in [4.78, 5) is 10.1. The number of hydrogen-bond donors (Lipinski definition) is 1. The molecule has 1 fully saturated rings. The van der Waals surface area contributed by atoms with E-state index in [0.717, 1.165) is 12.1 Å².